The largest absolute Gasteiger partial charge is 0.505 e. The lowest BCUT2D eigenvalue weighted by molar-refractivity contribution is -0.119. The van der Waals surface area contributed by atoms with Crippen molar-refractivity contribution in [3.63, 3.8) is 0 Å². The van der Waals surface area contributed by atoms with Crippen LogP contribution in [-0.2, 0) is 4.79 Å². The van der Waals surface area contributed by atoms with Gasteiger partial charge in [0.15, 0.2) is 11.6 Å². The fourth-order valence-electron chi connectivity index (χ4n) is 3.59. The van der Waals surface area contributed by atoms with Gasteiger partial charge in [-0.2, -0.15) is 0 Å². The average molecular weight is 403 g/mol. The molecular weight excluding hydrogens is 383 g/mol. The van der Waals surface area contributed by atoms with E-state index in [1.807, 2.05) is 6.92 Å². The van der Waals surface area contributed by atoms with Crippen LogP contribution in [0.4, 0.5) is 4.39 Å². The number of fused-ring (bicyclic) bond motifs is 1. The molecule has 7 heteroatoms. The molecule has 0 radical (unpaired) electrons. The fraction of sp³-hybridized carbons (Fsp3) is 0.238. The van der Waals surface area contributed by atoms with Gasteiger partial charge in [-0.05, 0) is 49.2 Å². The Hall–Kier alpha value is -2.86. The van der Waals surface area contributed by atoms with Crippen LogP contribution in [0, 0.1) is 12.7 Å². The Morgan fingerprint density at radius 2 is 1.89 bits per heavy atom. The number of aromatic hydroxyl groups is 1. The molecule has 0 saturated carbocycles. The standard InChI is InChI=1S/C21H20ClFN2O3/c1-3-4-14(20(24)27)19-11(2)25(17-10-16(23)18(26)9-15(17)19)21(28)12-5-7-13(22)8-6-12/h5-10,14,26H,3-4H2,1-2H3,(H2,24,27). The van der Waals surface area contributed by atoms with E-state index in [0.717, 1.165) is 6.07 Å². The third kappa shape index (κ3) is 3.36. The first-order valence-electron chi connectivity index (χ1n) is 8.89. The van der Waals surface area contributed by atoms with E-state index in [9.17, 15) is 19.1 Å². The molecule has 1 atom stereocenters. The van der Waals surface area contributed by atoms with Gasteiger partial charge in [-0.25, -0.2) is 4.39 Å². The molecule has 0 fully saturated rings. The second kappa shape index (κ2) is 7.64. The Morgan fingerprint density at radius 1 is 1.25 bits per heavy atom. The van der Waals surface area contributed by atoms with Gasteiger partial charge in [0.25, 0.3) is 5.91 Å². The normalized spacial score (nSPS) is 12.3. The number of primary amides is 1. The first kappa shape index (κ1) is 19.9. The van der Waals surface area contributed by atoms with E-state index in [2.05, 4.69) is 0 Å². The average Bonchev–Trinajstić information content (AvgIpc) is 2.91. The molecule has 3 N–H and O–H groups in total. The van der Waals surface area contributed by atoms with E-state index in [1.54, 1.807) is 31.2 Å². The summed E-state index contributed by atoms with van der Waals surface area (Å²) in [6.07, 6.45) is 1.17. The highest BCUT2D eigenvalue weighted by atomic mass is 35.5. The number of nitrogens with zero attached hydrogens (tertiary/aromatic N) is 1. The molecule has 0 aliphatic carbocycles. The number of phenols is 1. The van der Waals surface area contributed by atoms with E-state index < -0.39 is 29.3 Å². The van der Waals surface area contributed by atoms with Crippen LogP contribution in [0.5, 0.6) is 5.75 Å². The van der Waals surface area contributed by atoms with Crippen molar-refractivity contribution < 1.29 is 19.1 Å². The molecule has 0 aliphatic rings. The molecule has 0 bridgehead atoms. The van der Waals surface area contributed by atoms with Gasteiger partial charge in [0.05, 0.1) is 11.4 Å². The number of halogens is 2. The zero-order valence-corrected chi connectivity index (χ0v) is 16.3. The molecule has 3 rings (SSSR count). The maximum atomic E-state index is 14.1. The maximum absolute atomic E-state index is 14.1. The predicted octanol–water partition coefficient (Wildman–Crippen LogP) is 4.51. The Bertz CT molecular complexity index is 1070. The third-order valence-electron chi connectivity index (χ3n) is 4.88. The summed E-state index contributed by atoms with van der Waals surface area (Å²) in [6.45, 7) is 3.60. The lowest BCUT2D eigenvalue weighted by Gasteiger charge is -2.14. The summed E-state index contributed by atoms with van der Waals surface area (Å²) in [5.41, 5.74) is 7.25. The highest BCUT2D eigenvalue weighted by Gasteiger charge is 2.28. The van der Waals surface area contributed by atoms with Crippen LogP contribution in [0.25, 0.3) is 10.9 Å². The van der Waals surface area contributed by atoms with Gasteiger partial charge in [-0.15, -0.1) is 0 Å². The van der Waals surface area contributed by atoms with Gasteiger partial charge in [-0.3, -0.25) is 14.2 Å². The Balaban J connectivity index is 2.32. The Labute approximate surface area is 166 Å². The minimum absolute atomic E-state index is 0.269. The number of benzene rings is 2. The summed E-state index contributed by atoms with van der Waals surface area (Å²) < 4.78 is 15.5. The van der Waals surface area contributed by atoms with E-state index in [1.165, 1.54) is 10.6 Å². The molecule has 0 saturated heterocycles. The van der Waals surface area contributed by atoms with Crippen molar-refractivity contribution in [3.8, 4) is 5.75 Å². The van der Waals surface area contributed by atoms with E-state index in [4.69, 9.17) is 17.3 Å². The summed E-state index contributed by atoms with van der Waals surface area (Å²) >= 11 is 5.90. The van der Waals surface area contributed by atoms with Crippen molar-refractivity contribution in [2.45, 2.75) is 32.6 Å². The minimum atomic E-state index is -0.854. The number of amides is 1. The molecule has 1 unspecified atom stereocenters. The zero-order chi connectivity index (χ0) is 20.6. The fourth-order valence-corrected chi connectivity index (χ4v) is 3.71. The third-order valence-corrected chi connectivity index (χ3v) is 5.14. The molecule has 3 aromatic rings. The van der Waals surface area contributed by atoms with Gasteiger partial charge in [0.1, 0.15) is 0 Å². The molecule has 146 valence electrons. The quantitative estimate of drug-likeness (QED) is 0.658. The van der Waals surface area contributed by atoms with Crippen LogP contribution in [-0.4, -0.2) is 21.5 Å². The van der Waals surface area contributed by atoms with Gasteiger partial charge in [-0.1, -0.05) is 24.9 Å². The smallest absolute Gasteiger partial charge is 0.262 e. The predicted molar refractivity (Wildman–Crippen MR) is 106 cm³/mol. The topological polar surface area (TPSA) is 85.3 Å². The first-order valence-corrected chi connectivity index (χ1v) is 9.27. The number of rotatable bonds is 5. The van der Waals surface area contributed by atoms with Gasteiger partial charge >= 0.3 is 0 Å². The lowest BCUT2D eigenvalue weighted by atomic mass is 9.91. The highest BCUT2D eigenvalue weighted by molar-refractivity contribution is 6.30. The maximum Gasteiger partial charge on any atom is 0.262 e. The summed E-state index contributed by atoms with van der Waals surface area (Å²) in [5, 5.41) is 10.8. The molecule has 5 nitrogen and oxygen atoms in total. The second-order valence-electron chi connectivity index (χ2n) is 6.71. The summed E-state index contributed by atoms with van der Waals surface area (Å²) in [6, 6.07) is 8.66. The Morgan fingerprint density at radius 3 is 2.46 bits per heavy atom. The molecule has 1 heterocycles. The second-order valence-corrected chi connectivity index (χ2v) is 7.15. The van der Waals surface area contributed by atoms with Crippen LogP contribution in [0.1, 0.15) is 47.3 Å². The van der Waals surface area contributed by atoms with E-state index in [-0.39, 0.29) is 5.52 Å². The highest BCUT2D eigenvalue weighted by Crippen LogP contribution is 2.37. The van der Waals surface area contributed by atoms with Crippen molar-refractivity contribution in [2.24, 2.45) is 5.73 Å². The van der Waals surface area contributed by atoms with Crippen molar-refractivity contribution >= 4 is 34.3 Å². The van der Waals surface area contributed by atoms with E-state index in [0.29, 0.717) is 40.1 Å². The number of nitrogens with two attached hydrogens (primary N) is 1. The van der Waals surface area contributed by atoms with Crippen molar-refractivity contribution in [3.05, 3.63) is 64.1 Å². The summed E-state index contributed by atoms with van der Waals surface area (Å²) in [4.78, 5) is 25.3. The lowest BCUT2D eigenvalue weighted by Crippen LogP contribution is -2.22. The Kier molecular flexibility index (Phi) is 5.42. The molecule has 0 aliphatic heterocycles. The van der Waals surface area contributed by atoms with Crippen LogP contribution >= 0.6 is 11.6 Å². The van der Waals surface area contributed by atoms with Crippen LogP contribution < -0.4 is 5.73 Å². The minimum Gasteiger partial charge on any atom is -0.505 e. The molecule has 0 spiro atoms. The van der Waals surface area contributed by atoms with Crippen molar-refractivity contribution in [1.29, 1.82) is 0 Å². The number of aromatic nitrogens is 1. The number of carbonyl (C=O) groups is 2. The van der Waals surface area contributed by atoms with E-state index >= 15 is 0 Å². The summed E-state index contributed by atoms with van der Waals surface area (Å²) in [7, 11) is 0. The van der Waals surface area contributed by atoms with Gasteiger partial charge in [0.2, 0.25) is 5.91 Å². The first-order chi connectivity index (χ1) is 13.3. The molecular formula is C21H20ClFN2O3. The molecule has 1 amide bonds. The van der Waals surface area contributed by atoms with Crippen molar-refractivity contribution in [1.82, 2.24) is 4.57 Å². The number of hydrogen-bond donors (Lipinski definition) is 2. The number of phenolic OH excluding ortho intramolecular Hbond substituents is 1. The molecule has 2 aromatic carbocycles. The van der Waals surface area contributed by atoms with Crippen LogP contribution in [0.15, 0.2) is 36.4 Å². The number of carbonyl (C=O) groups excluding carboxylic acids is 2. The van der Waals surface area contributed by atoms with Gasteiger partial charge in [0, 0.05) is 27.7 Å². The SMILES string of the molecule is CCCC(C(N)=O)c1c(C)n(C(=O)c2ccc(Cl)cc2)c2cc(F)c(O)cc12. The molecule has 28 heavy (non-hydrogen) atoms. The van der Waals surface area contributed by atoms with Crippen molar-refractivity contribution in [2.75, 3.05) is 0 Å². The van der Waals surface area contributed by atoms with Gasteiger partial charge < -0.3 is 10.8 Å². The van der Waals surface area contributed by atoms with Crippen LogP contribution in [0.2, 0.25) is 5.02 Å². The zero-order valence-electron chi connectivity index (χ0n) is 15.5. The molecule has 1 aromatic heterocycles. The summed E-state index contributed by atoms with van der Waals surface area (Å²) in [5.74, 6) is -2.99. The number of hydrogen-bond acceptors (Lipinski definition) is 3. The van der Waals surface area contributed by atoms with Crippen LogP contribution in [0.3, 0.4) is 0 Å². The monoisotopic (exact) mass is 402 g/mol.